The van der Waals surface area contributed by atoms with Gasteiger partial charge >= 0.3 is 0 Å². The van der Waals surface area contributed by atoms with Gasteiger partial charge < -0.3 is 9.84 Å². The predicted octanol–water partition coefficient (Wildman–Crippen LogP) is 2.31. The Balaban J connectivity index is 1.86. The Labute approximate surface area is 108 Å². The van der Waals surface area contributed by atoms with Gasteiger partial charge in [0.1, 0.15) is 16.5 Å². The zero-order valence-corrected chi connectivity index (χ0v) is 11.0. The number of nitrogens with one attached hydrogen (secondary N) is 1. The van der Waals surface area contributed by atoms with Crippen LogP contribution in [0.1, 0.15) is 34.8 Å². The zero-order chi connectivity index (χ0) is 12.7. The van der Waals surface area contributed by atoms with Crippen LogP contribution in [0.5, 0.6) is 0 Å². The minimum Gasteiger partial charge on any atom is -0.361 e. The monoisotopic (exact) mass is 263 g/mol. The third-order valence-corrected chi connectivity index (χ3v) is 3.76. The Hall–Kier alpha value is -1.69. The number of nitrogens with zero attached hydrogens (tertiary/aromatic N) is 2. The first-order valence-electron chi connectivity index (χ1n) is 5.85. The van der Waals surface area contributed by atoms with Crippen LogP contribution in [0.15, 0.2) is 9.90 Å². The van der Waals surface area contributed by atoms with Gasteiger partial charge in [-0.25, -0.2) is 4.98 Å². The molecule has 1 aliphatic carbocycles. The van der Waals surface area contributed by atoms with Crippen molar-refractivity contribution in [3.05, 3.63) is 22.5 Å². The summed E-state index contributed by atoms with van der Waals surface area (Å²) in [7, 11) is 0. The van der Waals surface area contributed by atoms with Crippen molar-refractivity contribution in [1.29, 1.82) is 0 Å². The fraction of sp³-hybridized carbons (Fsp3) is 0.417. The molecule has 0 aromatic carbocycles. The Morgan fingerprint density at radius 1 is 1.50 bits per heavy atom. The number of thiazole rings is 1. The fourth-order valence-corrected chi connectivity index (χ4v) is 2.71. The molecule has 3 rings (SSSR count). The van der Waals surface area contributed by atoms with Gasteiger partial charge in [0.15, 0.2) is 0 Å². The third kappa shape index (κ3) is 2.03. The lowest BCUT2D eigenvalue weighted by atomic mass is 10.2. The van der Waals surface area contributed by atoms with Crippen LogP contribution in [0, 0.1) is 13.8 Å². The quantitative estimate of drug-likeness (QED) is 0.922. The molecule has 6 heteroatoms. The molecule has 0 unspecified atom stereocenters. The highest BCUT2D eigenvalue weighted by Gasteiger charge is 2.25. The molecule has 94 valence electrons. The van der Waals surface area contributed by atoms with Crippen molar-refractivity contribution in [2.24, 2.45) is 0 Å². The average Bonchev–Trinajstić information content (AvgIpc) is 2.89. The summed E-state index contributed by atoms with van der Waals surface area (Å²) in [5.74, 6) is 0.641. The van der Waals surface area contributed by atoms with E-state index in [0.717, 1.165) is 34.9 Å². The van der Waals surface area contributed by atoms with Gasteiger partial charge in [-0.15, -0.1) is 11.3 Å². The molecule has 2 aromatic rings. The summed E-state index contributed by atoms with van der Waals surface area (Å²) in [5.41, 5.74) is 2.17. The molecule has 0 aliphatic heterocycles. The van der Waals surface area contributed by atoms with E-state index in [1.807, 2.05) is 13.8 Å². The number of amides is 1. The maximum absolute atomic E-state index is 11.8. The van der Waals surface area contributed by atoms with E-state index in [-0.39, 0.29) is 5.91 Å². The van der Waals surface area contributed by atoms with Gasteiger partial charge in [-0.05, 0) is 26.7 Å². The van der Waals surface area contributed by atoms with Gasteiger partial charge in [0, 0.05) is 11.4 Å². The molecule has 0 spiro atoms. The molecule has 0 radical (unpaired) electrons. The summed E-state index contributed by atoms with van der Waals surface area (Å²) in [6.45, 7) is 3.72. The Morgan fingerprint density at radius 2 is 2.28 bits per heavy atom. The molecule has 1 aliphatic rings. The van der Waals surface area contributed by atoms with E-state index in [2.05, 4.69) is 15.5 Å². The van der Waals surface area contributed by atoms with Crippen LogP contribution < -0.4 is 5.32 Å². The van der Waals surface area contributed by atoms with Crippen LogP contribution in [-0.2, 0) is 0 Å². The topological polar surface area (TPSA) is 68.0 Å². The molecule has 1 fully saturated rings. The second kappa shape index (κ2) is 4.20. The van der Waals surface area contributed by atoms with Crippen molar-refractivity contribution >= 4 is 17.2 Å². The van der Waals surface area contributed by atoms with E-state index < -0.39 is 0 Å². The van der Waals surface area contributed by atoms with Gasteiger partial charge in [0.05, 0.1) is 11.3 Å². The molecular weight excluding hydrogens is 250 g/mol. The van der Waals surface area contributed by atoms with Crippen molar-refractivity contribution in [3.63, 3.8) is 0 Å². The molecule has 1 N–H and O–H groups in total. The number of hydrogen-bond acceptors (Lipinski definition) is 5. The molecule has 1 saturated carbocycles. The number of aromatic nitrogens is 2. The lowest BCUT2D eigenvalue weighted by Gasteiger charge is -1.98. The summed E-state index contributed by atoms with van der Waals surface area (Å²) in [4.78, 5) is 16.2. The summed E-state index contributed by atoms with van der Waals surface area (Å²) >= 11 is 1.44. The van der Waals surface area contributed by atoms with Crippen molar-refractivity contribution in [3.8, 4) is 10.6 Å². The van der Waals surface area contributed by atoms with Gasteiger partial charge in [-0.1, -0.05) is 5.16 Å². The standard InChI is InChI=1S/C12H13N3O2S/c1-6-10(7(2)17-15-6)12-14-9(5-18-12)11(16)13-8-3-4-8/h5,8H,3-4H2,1-2H3,(H,13,16). The first kappa shape index (κ1) is 11.4. The second-order valence-electron chi connectivity index (χ2n) is 4.48. The Morgan fingerprint density at radius 3 is 2.89 bits per heavy atom. The van der Waals surface area contributed by atoms with E-state index in [0.29, 0.717) is 11.7 Å². The largest absolute Gasteiger partial charge is 0.361 e. The first-order chi connectivity index (χ1) is 8.65. The molecule has 0 atom stereocenters. The Bertz CT molecular complexity index is 579. The van der Waals surface area contributed by atoms with Gasteiger partial charge in [0.25, 0.3) is 5.91 Å². The van der Waals surface area contributed by atoms with Crippen LogP contribution >= 0.6 is 11.3 Å². The van der Waals surface area contributed by atoms with E-state index in [1.54, 1.807) is 5.38 Å². The van der Waals surface area contributed by atoms with Crippen LogP contribution in [0.25, 0.3) is 10.6 Å². The molecule has 5 nitrogen and oxygen atoms in total. The molecular formula is C12H13N3O2S. The van der Waals surface area contributed by atoms with Crippen molar-refractivity contribution in [2.45, 2.75) is 32.7 Å². The first-order valence-corrected chi connectivity index (χ1v) is 6.72. The maximum Gasteiger partial charge on any atom is 0.270 e. The minimum absolute atomic E-state index is 0.0910. The lowest BCUT2D eigenvalue weighted by Crippen LogP contribution is -2.25. The number of carbonyl (C=O) groups is 1. The SMILES string of the molecule is Cc1noc(C)c1-c1nc(C(=O)NC2CC2)cs1. The normalized spacial score (nSPS) is 14.8. The van der Waals surface area contributed by atoms with E-state index in [4.69, 9.17) is 4.52 Å². The second-order valence-corrected chi connectivity index (χ2v) is 5.34. The van der Waals surface area contributed by atoms with E-state index in [9.17, 15) is 4.79 Å². The number of aryl methyl sites for hydroxylation is 2. The van der Waals surface area contributed by atoms with Gasteiger partial charge in [-0.2, -0.15) is 0 Å². The highest BCUT2D eigenvalue weighted by atomic mass is 32.1. The van der Waals surface area contributed by atoms with Crippen molar-refractivity contribution in [1.82, 2.24) is 15.5 Å². The number of hydrogen-bond donors (Lipinski definition) is 1. The molecule has 0 bridgehead atoms. The summed E-state index contributed by atoms with van der Waals surface area (Å²) in [5, 5.41) is 9.38. The van der Waals surface area contributed by atoms with Crippen LogP contribution in [-0.4, -0.2) is 22.1 Å². The molecule has 2 aromatic heterocycles. The number of carbonyl (C=O) groups excluding carboxylic acids is 1. The van der Waals surface area contributed by atoms with Crippen molar-refractivity contribution in [2.75, 3.05) is 0 Å². The van der Waals surface area contributed by atoms with Crippen LogP contribution in [0.4, 0.5) is 0 Å². The van der Waals surface area contributed by atoms with Crippen LogP contribution in [0.2, 0.25) is 0 Å². The minimum atomic E-state index is -0.0910. The fourth-order valence-electron chi connectivity index (χ4n) is 1.77. The third-order valence-electron chi connectivity index (χ3n) is 2.90. The summed E-state index contributed by atoms with van der Waals surface area (Å²) in [6.07, 6.45) is 2.15. The summed E-state index contributed by atoms with van der Waals surface area (Å²) < 4.78 is 5.11. The molecule has 2 heterocycles. The predicted molar refractivity (Wildman–Crippen MR) is 67.6 cm³/mol. The highest BCUT2D eigenvalue weighted by Crippen LogP contribution is 2.29. The lowest BCUT2D eigenvalue weighted by molar-refractivity contribution is 0.0947. The molecule has 18 heavy (non-hydrogen) atoms. The average molecular weight is 263 g/mol. The maximum atomic E-state index is 11.8. The summed E-state index contributed by atoms with van der Waals surface area (Å²) in [6, 6.07) is 0.349. The zero-order valence-electron chi connectivity index (χ0n) is 10.2. The van der Waals surface area contributed by atoms with Crippen LogP contribution in [0.3, 0.4) is 0 Å². The van der Waals surface area contributed by atoms with Gasteiger partial charge in [-0.3, -0.25) is 4.79 Å². The number of rotatable bonds is 3. The molecule has 0 saturated heterocycles. The van der Waals surface area contributed by atoms with Crippen molar-refractivity contribution < 1.29 is 9.32 Å². The molecule has 1 amide bonds. The smallest absolute Gasteiger partial charge is 0.270 e. The highest BCUT2D eigenvalue weighted by molar-refractivity contribution is 7.13. The van der Waals surface area contributed by atoms with E-state index >= 15 is 0 Å². The Kier molecular flexibility index (Phi) is 2.66. The van der Waals surface area contributed by atoms with E-state index in [1.165, 1.54) is 11.3 Å². The van der Waals surface area contributed by atoms with Gasteiger partial charge in [0.2, 0.25) is 0 Å².